The highest BCUT2D eigenvalue weighted by Crippen LogP contribution is 2.26. The van der Waals surface area contributed by atoms with Gasteiger partial charge < -0.3 is 20.5 Å². The Morgan fingerprint density at radius 3 is 2.65 bits per heavy atom. The Bertz CT molecular complexity index is 862. The van der Waals surface area contributed by atoms with Crippen LogP contribution >= 0.6 is 0 Å². The van der Waals surface area contributed by atoms with Gasteiger partial charge in [0.2, 0.25) is 0 Å². The number of methoxy groups -OCH3 is 1. The molecule has 2 amide bonds. The van der Waals surface area contributed by atoms with Crippen molar-refractivity contribution >= 4 is 28.2 Å². The van der Waals surface area contributed by atoms with Gasteiger partial charge in [0.1, 0.15) is 11.5 Å². The van der Waals surface area contributed by atoms with Gasteiger partial charge in [-0.1, -0.05) is 18.2 Å². The fourth-order valence-electron chi connectivity index (χ4n) is 2.37. The van der Waals surface area contributed by atoms with Crippen LogP contribution in [0.4, 0.5) is 16.2 Å². The number of hydrogen-bond acceptors (Lipinski definition) is 3. The van der Waals surface area contributed by atoms with Gasteiger partial charge in [-0.3, -0.25) is 0 Å². The minimum Gasteiger partial charge on any atom is -0.508 e. The summed E-state index contributed by atoms with van der Waals surface area (Å²) < 4.78 is 5.13. The molecule has 0 spiro atoms. The number of phenols is 1. The van der Waals surface area contributed by atoms with E-state index in [1.54, 1.807) is 49.6 Å². The minimum atomic E-state index is -0.348. The number of aromatic hydroxyl groups is 1. The zero-order valence-corrected chi connectivity index (χ0v) is 12.5. The summed E-state index contributed by atoms with van der Waals surface area (Å²) >= 11 is 0. The first-order valence-electron chi connectivity index (χ1n) is 7.09. The van der Waals surface area contributed by atoms with Gasteiger partial charge in [0.25, 0.3) is 0 Å². The lowest BCUT2D eigenvalue weighted by Crippen LogP contribution is -2.19. The summed E-state index contributed by atoms with van der Waals surface area (Å²) in [6, 6.07) is 17.3. The second-order valence-corrected chi connectivity index (χ2v) is 5.02. The molecule has 116 valence electrons. The molecule has 0 bridgehead atoms. The summed E-state index contributed by atoms with van der Waals surface area (Å²) in [7, 11) is 1.57. The normalized spacial score (nSPS) is 10.3. The summed E-state index contributed by atoms with van der Waals surface area (Å²) in [5.41, 5.74) is 1.31. The molecule has 0 aliphatic carbocycles. The van der Waals surface area contributed by atoms with E-state index in [0.29, 0.717) is 17.1 Å². The first kappa shape index (κ1) is 14.7. The number of nitrogens with one attached hydrogen (secondary N) is 2. The number of ether oxygens (including phenoxy) is 1. The van der Waals surface area contributed by atoms with Gasteiger partial charge in [-0.15, -0.1) is 0 Å². The van der Waals surface area contributed by atoms with Crippen LogP contribution in [0.1, 0.15) is 0 Å². The third kappa shape index (κ3) is 3.35. The van der Waals surface area contributed by atoms with E-state index < -0.39 is 0 Å². The minimum absolute atomic E-state index is 0.190. The Hall–Kier alpha value is -3.21. The molecule has 0 aliphatic rings. The predicted octanol–water partition coefficient (Wildman–Crippen LogP) is 4.20. The molecule has 0 radical (unpaired) electrons. The number of anilines is 2. The summed E-state index contributed by atoms with van der Waals surface area (Å²) in [4.78, 5) is 12.2. The van der Waals surface area contributed by atoms with Crippen molar-refractivity contribution < 1.29 is 14.6 Å². The molecule has 0 fully saturated rings. The maximum Gasteiger partial charge on any atom is 0.323 e. The highest BCUT2D eigenvalue weighted by Gasteiger charge is 2.07. The van der Waals surface area contributed by atoms with Crippen LogP contribution in [0.15, 0.2) is 60.7 Å². The fourth-order valence-corrected chi connectivity index (χ4v) is 2.37. The second kappa shape index (κ2) is 6.27. The highest BCUT2D eigenvalue weighted by molar-refractivity contribution is 6.06. The molecule has 0 saturated carbocycles. The van der Waals surface area contributed by atoms with E-state index in [1.807, 2.05) is 18.2 Å². The zero-order valence-electron chi connectivity index (χ0n) is 12.5. The molecule has 5 heteroatoms. The highest BCUT2D eigenvalue weighted by atomic mass is 16.5. The Kier molecular flexibility index (Phi) is 4.01. The van der Waals surface area contributed by atoms with Gasteiger partial charge in [-0.05, 0) is 41.8 Å². The third-order valence-corrected chi connectivity index (χ3v) is 3.44. The maximum atomic E-state index is 12.2. The van der Waals surface area contributed by atoms with Crippen molar-refractivity contribution in [3.05, 3.63) is 60.7 Å². The van der Waals surface area contributed by atoms with Gasteiger partial charge in [-0.25, -0.2) is 4.79 Å². The molecule has 0 heterocycles. The van der Waals surface area contributed by atoms with Crippen molar-refractivity contribution in [1.29, 1.82) is 0 Å². The number of carbonyl (C=O) groups is 1. The molecule has 5 nitrogen and oxygen atoms in total. The fraction of sp³-hybridized carbons (Fsp3) is 0.0556. The molecule has 0 aliphatic heterocycles. The lowest BCUT2D eigenvalue weighted by atomic mass is 10.1. The summed E-state index contributed by atoms with van der Waals surface area (Å²) in [5.74, 6) is 0.860. The molecule has 23 heavy (non-hydrogen) atoms. The average Bonchev–Trinajstić information content (AvgIpc) is 2.55. The van der Waals surface area contributed by atoms with Crippen molar-refractivity contribution in [1.82, 2.24) is 0 Å². The van der Waals surface area contributed by atoms with E-state index in [9.17, 15) is 9.90 Å². The van der Waals surface area contributed by atoms with Crippen molar-refractivity contribution in [2.24, 2.45) is 0 Å². The Morgan fingerprint density at radius 1 is 1.00 bits per heavy atom. The van der Waals surface area contributed by atoms with Crippen molar-refractivity contribution in [3.8, 4) is 11.5 Å². The largest absolute Gasteiger partial charge is 0.508 e. The standard InChI is InChI=1S/C18H16N2O3/c1-23-15-6-3-5-13(11-15)19-18(22)20-17-7-2-4-12-10-14(21)8-9-16(12)17/h2-11,21H,1H3,(H2,19,20,22). The molecule has 0 unspecified atom stereocenters. The SMILES string of the molecule is COc1cccc(NC(=O)Nc2cccc3cc(O)ccc23)c1. The molecule has 3 rings (SSSR count). The van der Waals surface area contributed by atoms with Gasteiger partial charge in [0.05, 0.1) is 12.8 Å². The van der Waals surface area contributed by atoms with E-state index in [1.165, 1.54) is 0 Å². The summed E-state index contributed by atoms with van der Waals surface area (Å²) in [6.45, 7) is 0. The Morgan fingerprint density at radius 2 is 1.83 bits per heavy atom. The third-order valence-electron chi connectivity index (χ3n) is 3.44. The zero-order chi connectivity index (χ0) is 16.2. The van der Waals surface area contributed by atoms with Crippen molar-refractivity contribution in [2.75, 3.05) is 17.7 Å². The Labute approximate surface area is 133 Å². The van der Waals surface area contributed by atoms with Crippen LogP contribution in [0.2, 0.25) is 0 Å². The smallest absolute Gasteiger partial charge is 0.323 e. The number of phenolic OH excluding ortho intramolecular Hbond substituents is 1. The molecule has 3 aromatic rings. The van der Waals surface area contributed by atoms with E-state index >= 15 is 0 Å². The van der Waals surface area contributed by atoms with Crippen LogP contribution in [0.25, 0.3) is 10.8 Å². The van der Waals surface area contributed by atoms with Gasteiger partial charge in [-0.2, -0.15) is 0 Å². The van der Waals surface area contributed by atoms with Crippen molar-refractivity contribution in [3.63, 3.8) is 0 Å². The molecule has 0 atom stereocenters. The van der Waals surface area contributed by atoms with E-state index in [0.717, 1.165) is 10.8 Å². The first-order chi connectivity index (χ1) is 11.2. The van der Waals surface area contributed by atoms with Crippen LogP contribution in [0.5, 0.6) is 11.5 Å². The van der Waals surface area contributed by atoms with E-state index in [-0.39, 0.29) is 11.8 Å². The molecule has 0 aromatic heterocycles. The lowest BCUT2D eigenvalue weighted by Gasteiger charge is -2.11. The summed E-state index contributed by atoms with van der Waals surface area (Å²) in [5, 5.41) is 16.8. The number of rotatable bonds is 3. The molecular formula is C18H16N2O3. The molecule has 3 aromatic carbocycles. The maximum absolute atomic E-state index is 12.2. The van der Waals surface area contributed by atoms with Crippen LogP contribution in [0.3, 0.4) is 0 Å². The summed E-state index contributed by atoms with van der Waals surface area (Å²) in [6.07, 6.45) is 0. The quantitative estimate of drug-likeness (QED) is 0.679. The second-order valence-electron chi connectivity index (χ2n) is 5.02. The molecular weight excluding hydrogens is 292 g/mol. The topological polar surface area (TPSA) is 70.6 Å². The van der Waals surface area contributed by atoms with Crippen molar-refractivity contribution in [2.45, 2.75) is 0 Å². The van der Waals surface area contributed by atoms with Gasteiger partial charge in [0.15, 0.2) is 0 Å². The van der Waals surface area contributed by atoms with Crippen LogP contribution in [0, 0.1) is 0 Å². The monoisotopic (exact) mass is 308 g/mol. The van der Waals surface area contributed by atoms with E-state index in [4.69, 9.17) is 4.74 Å². The van der Waals surface area contributed by atoms with Crippen LogP contribution in [-0.4, -0.2) is 18.2 Å². The van der Waals surface area contributed by atoms with Gasteiger partial charge in [0, 0.05) is 17.1 Å². The molecule has 0 saturated heterocycles. The predicted molar refractivity (Wildman–Crippen MR) is 91.2 cm³/mol. The van der Waals surface area contributed by atoms with Crippen LogP contribution < -0.4 is 15.4 Å². The number of fused-ring (bicyclic) bond motifs is 1. The average molecular weight is 308 g/mol. The lowest BCUT2D eigenvalue weighted by molar-refractivity contribution is 0.262. The Balaban J connectivity index is 1.80. The van der Waals surface area contributed by atoms with Gasteiger partial charge >= 0.3 is 6.03 Å². The molecule has 3 N–H and O–H groups in total. The number of urea groups is 1. The first-order valence-corrected chi connectivity index (χ1v) is 7.09. The van der Waals surface area contributed by atoms with Crippen LogP contribution in [-0.2, 0) is 0 Å². The van der Waals surface area contributed by atoms with E-state index in [2.05, 4.69) is 10.6 Å². The number of carbonyl (C=O) groups excluding carboxylic acids is 1. The number of benzene rings is 3. The number of amides is 2. The number of hydrogen-bond donors (Lipinski definition) is 3.